The van der Waals surface area contributed by atoms with Crippen molar-refractivity contribution in [3.63, 3.8) is 0 Å². The van der Waals surface area contributed by atoms with Crippen LogP contribution in [0.4, 0.5) is 5.69 Å². The van der Waals surface area contributed by atoms with Gasteiger partial charge in [-0.1, -0.05) is 36.1 Å². The molecule has 1 saturated heterocycles. The molecule has 1 aliphatic rings. The van der Waals surface area contributed by atoms with Crippen LogP contribution in [0.5, 0.6) is 5.75 Å². The Morgan fingerprint density at radius 2 is 1.80 bits per heavy atom. The van der Waals surface area contributed by atoms with Crippen LogP contribution in [-0.4, -0.2) is 45.3 Å². The molecule has 3 rings (SSSR count). The molecule has 2 aromatic carbocycles. The summed E-state index contributed by atoms with van der Waals surface area (Å²) in [5.41, 5.74) is 1.35. The van der Waals surface area contributed by atoms with E-state index in [4.69, 9.17) is 22.1 Å². The van der Waals surface area contributed by atoms with Gasteiger partial charge in [0.15, 0.2) is 0 Å². The molecule has 0 saturated carbocycles. The van der Waals surface area contributed by atoms with E-state index < -0.39 is 17.9 Å². The average molecular weight is 443 g/mol. The van der Waals surface area contributed by atoms with Crippen molar-refractivity contribution in [2.75, 3.05) is 12.4 Å². The topological polar surface area (TPSA) is 95.9 Å². The van der Waals surface area contributed by atoms with Crippen molar-refractivity contribution in [1.29, 1.82) is 0 Å². The van der Waals surface area contributed by atoms with Gasteiger partial charge in [-0.3, -0.25) is 14.5 Å². The van der Waals surface area contributed by atoms with Gasteiger partial charge in [-0.25, -0.2) is 4.79 Å². The first-order valence-corrected chi connectivity index (χ1v) is 10.1. The van der Waals surface area contributed by atoms with E-state index in [0.29, 0.717) is 20.7 Å². The van der Waals surface area contributed by atoms with Gasteiger partial charge in [0.25, 0.3) is 5.91 Å². The molecule has 0 radical (unpaired) electrons. The summed E-state index contributed by atoms with van der Waals surface area (Å²) in [5, 5.41) is 11.6. The molecule has 1 unspecified atom stereocenters. The van der Waals surface area contributed by atoms with Gasteiger partial charge in [0.2, 0.25) is 5.91 Å². The monoisotopic (exact) mass is 442 g/mol. The first kappa shape index (κ1) is 21.5. The number of carbonyl (C=O) groups is 3. The van der Waals surface area contributed by atoms with Gasteiger partial charge in [-0.05, 0) is 55.0 Å². The third kappa shape index (κ3) is 4.69. The SMILES string of the molecule is COc1ccc(/C=C2\SC(=S)N(C(C)C(=O)Nc3ccc(C(=O)O)cc3)C2=O)cc1. The molecule has 2 N–H and O–H groups in total. The Morgan fingerprint density at radius 1 is 1.17 bits per heavy atom. The molecule has 9 heteroatoms. The minimum absolute atomic E-state index is 0.113. The number of nitrogens with zero attached hydrogens (tertiary/aromatic N) is 1. The molecule has 1 heterocycles. The van der Waals surface area contributed by atoms with Crippen molar-refractivity contribution in [1.82, 2.24) is 4.90 Å². The standard InChI is InChI=1S/C21H18N2O5S2/c1-12(18(24)22-15-7-5-14(6-8-15)20(26)27)23-19(25)17(30-21(23)29)11-13-3-9-16(28-2)10-4-13/h3-12H,1-2H3,(H,22,24)(H,26,27)/b17-11-. The largest absolute Gasteiger partial charge is 0.497 e. The van der Waals surface area contributed by atoms with Crippen LogP contribution in [-0.2, 0) is 9.59 Å². The number of rotatable bonds is 6. The Morgan fingerprint density at radius 3 is 2.37 bits per heavy atom. The number of hydrogen-bond acceptors (Lipinski definition) is 6. The first-order valence-electron chi connectivity index (χ1n) is 8.85. The van der Waals surface area contributed by atoms with Crippen LogP contribution in [0.25, 0.3) is 6.08 Å². The predicted molar refractivity (Wildman–Crippen MR) is 119 cm³/mol. The van der Waals surface area contributed by atoms with Crippen LogP contribution in [0, 0.1) is 0 Å². The molecule has 30 heavy (non-hydrogen) atoms. The number of methoxy groups -OCH3 is 1. The summed E-state index contributed by atoms with van der Waals surface area (Å²) in [4.78, 5) is 38.1. The van der Waals surface area contributed by atoms with E-state index in [1.165, 1.54) is 29.2 Å². The summed E-state index contributed by atoms with van der Waals surface area (Å²) >= 11 is 6.45. The molecule has 1 fully saturated rings. The smallest absolute Gasteiger partial charge is 0.335 e. The normalized spacial score (nSPS) is 15.9. The second-order valence-electron chi connectivity index (χ2n) is 6.37. The quantitative estimate of drug-likeness (QED) is 0.521. The van der Waals surface area contributed by atoms with Crippen molar-refractivity contribution in [2.24, 2.45) is 0 Å². The molecule has 0 aliphatic carbocycles. The van der Waals surface area contributed by atoms with Crippen LogP contribution >= 0.6 is 24.0 Å². The number of thioether (sulfide) groups is 1. The van der Waals surface area contributed by atoms with Crippen molar-refractivity contribution >= 4 is 57.8 Å². The number of carbonyl (C=O) groups excluding carboxylic acids is 2. The highest BCUT2D eigenvalue weighted by atomic mass is 32.2. The van der Waals surface area contributed by atoms with E-state index in [0.717, 1.165) is 17.3 Å². The van der Waals surface area contributed by atoms with E-state index >= 15 is 0 Å². The van der Waals surface area contributed by atoms with Gasteiger partial charge in [-0.2, -0.15) is 0 Å². The molecule has 1 atom stereocenters. The van der Waals surface area contributed by atoms with Crippen molar-refractivity contribution in [3.05, 3.63) is 64.6 Å². The number of anilines is 1. The first-order chi connectivity index (χ1) is 14.3. The summed E-state index contributed by atoms with van der Waals surface area (Å²) in [7, 11) is 1.58. The average Bonchev–Trinajstić information content (AvgIpc) is 3.01. The summed E-state index contributed by atoms with van der Waals surface area (Å²) in [6.45, 7) is 1.59. The third-order valence-corrected chi connectivity index (χ3v) is 5.73. The van der Waals surface area contributed by atoms with Crippen molar-refractivity contribution in [2.45, 2.75) is 13.0 Å². The Hall–Kier alpha value is -3.17. The summed E-state index contributed by atoms with van der Waals surface area (Å²) < 4.78 is 5.42. The van der Waals surface area contributed by atoms with E-state index in [9.17, 15) is 14.4 Å². The second kappa shape index (κ2) is 9.10. The number of amides is 2. The van der Waals surface area contributed by atoms with Crippen LogP contribution in [0.1, 0.15) is 22.8 Å². The summed E-state index contributed by atoms with van der Waals surface area (Å²) in [5.74, 6) is -1.12. The molecule has 2 amide bonds. The Balaban J connectivity index is 1.71. The Bertz CT molecular complexity index is 1030. The summed E-state index contributed by atoms with van der Waals surface area (Å²) in [6.07, 6.45) is 1.72. The highest BCUT2D eigenvalue weighted by Crippen LogP contribution is 2.34. The Labute approximate surface area is 182 Å². The van der Waals surface area contributed by atoms with E-state index in [-0.39, 0.29) is 11.5 Å². The molecule has 0 bridgehead atoms. The van der Waals surface area contributed by atoms with Gasteiger partial charge >= 0.3 is 5.97 Å². The van der Waals surface area contributed by atoms with Crippen molar-refractivity contribution < 1.29 is 24.2 Å². The molecular weight excluding hydrogens is 424 g/mol. The maximum Gasteiger partial charge on any atom is 0.335 e. The number of ether oxygens (including phenoxy) is 1. The fourth-order valence-corrected chi connectivity index (χ4v) is 4.14. The maximum absolute atomic E-state index is 12.8. The van der Waals surface area contributed by atoms with Gasteiger partial charge in [-0.15, -0.1) is 0 Å². The van der Waals surface area contributed by atoms with Crippen molar-refractivity contribution in [3.8, 4) is 5.75 Å². The van der Waals surface area contributed by atoms with Crippen LogP contribution in [0.15, 0.2) is 53.4 Å². The number of hydrogen-bond donors (Lipinski definition) is 2. The van der Waals surface area contributed by atoms with Gasteiger partial charge in [0.05, 0.1) is 17.6 Å². The van der Waals surface area contributed by atoms with E-state index in [1.807, 2.05) is 12.1 Å². The number of aromatic carboxylic acids is 1. The highest BCUT2D eigenvalue weighted by molar-refractivity contribution is 8.26. The van der Waals surface area contributed by atoms with Gasteiger partial charge < -0.3 is 15.2 Å². The zero-order valence-electron chi connectivity index (χ0n) is 16.1. The number of benzene rings is 2. The van der Waals surface area contributed by atoms with E-state index in [2.05, 4.69) is 5.32 Å². The molecule has 7 nitrogen and oxygen atoms in total. The Kier molecular flexibility index (Phi) is 6.53. The highest BCUT2D eigenvalue weighted by Gasteiger charge is 2.38. The zero-order valence-corrected chi connectivity index (χ0v) is 17.8. The molecule has 0 aromatic heterocycles. The zero-order chi connectivity index (χ0) is 21.8. The number of thiocarbonyl (C=S) groups is 1. The lowest BCUT2D eigenvalue weighted by molar-refractivity contribution is -0.129. The van der Waals surface area contributed by atoms with E-state index in [1.54, 1.807) is 32.2 Å². The fourth-order valence-electron chi connectivity index (χ4n) is 2.73. The lowest BCUT2D eigenvalue weighted by Gasteiger charge is -2.22. The van der Waals surface area contributed by atoms with Gasteiger partial charge in [0.1, 0.15) is 16.1 Å². The molecule has 0 spiro atoms. The second-order valence-corrected chi connectivity index (χ2v) is 8.05. The molecule has 1 aliphatic heterocycles. The van der Waals surface area contributed by atoms with Crippen LogP contribution in [0.2, 0.25) is 0 Å². The summed E-state index contributed by atoms with van der Waals surface area (Å²) in [6, 6.07) is 12.1. The molecule has 2 aromatic rings. The molecular formula is C21H18N2O5S2. The number of carboxylic acid groups (broad SMARTS) is 1. The predicted octanol–water partition coefficient (Wildman–Crippen LogP) is 3.62. The lowest BCUT2D eigenvalue weighted by atomic mass is 10.2. The fraction of sp³-hybridized carbons (Fsp3) is 0.143. The van der Waals surface area contributed by atoms with Crippen LogP contribution < -0.4 is 10.1 Å². The maximum atomic E-state index is 12.8. The molecule has 154 valence electrons. The van der Waals surface area contributed by atoms with Gasteiger partial charge in [0, 0.05) is 5.69 Å². The number of carboxylic acids is 1. The lowest BCUT2D eigenvalue weighted by Crippen LogP contribution is -2.44. The number of nitrogens with one attached hydrogen (secondary N) is 1. The minimum atomic E-state index is -1.05. The minimum Gasteiger partial charge on any atom is -0.497 e. The third-order valence-electron chi connectivity index (χ3n) is 4.40. The van der Waals surface area contributed by atoms with Crippen LogP contribution in [0.3, 0.4) is 0 Å².